The Kier molecular flexibility index (Phi) is 7.24. The molecule has 2 aliphatic rings. The van der Waals surface area contributed by atoms with Crippen molar-refractivity contribution >= 4 is 29.0 Å². The van der Waals surface area contributed by atoms with Gasteiger partial charge in [0.05, 0.1) is 13.2 Å². The van der Waals surface area contributed by atoms with Crippen molar-refractivity contribution < 1.29 is 14.3 Å². The van der Waals surface area contributed by atoms with Crippen LogP contribution in [0.1, 0.15) is 41.8 Å². The molecular weight excluding hydrogens is 458 g/mol. The molecular formula is C26H31N7O3. The van der Waals surface area contributed by atoms with Crippen molar-refractivity contribution in [3.63, 3.8) is 0 Å². The lowest BCUT2D eigenvalue weighted by Crippen LogP contribution is -2.31. The number of nitrogens with zero attached hydrogens (tertiary/aromatic N) is 3. The minimum absolute atomic E-state index is 0.0122. The van der Waals surface area contributed by atoms with E-state index in [9.17, 15) is 4.79 Å². The lowest BCUT2D eigenvalue weighted by molar-refractivity contribution is 0.0943. The highest BCUT2D eigenvalue weighted by atomic mass is 16.5. The SMILES string of the molecule is CC(C)NC(=O)c1cnc(Nc2ccc3c(c2)CNCC3)nc1Nc1ccnc(OC2CCOC2)c1. The van der Waals surface area contributed by atoms with Gasteiger partial charge in [-0.1, -0.05) is 6.07 Å². The summed E-state index contributed by atoms with van der Waals surface area (Å²) < 4.78 is 11.3. The maximum atomic E-state index is 12.9. The molecule has 3 aromatic rings. The van der Waals surface area contributed by atoms with Crippen molar-refractivity contribution in [2.24, 2.45) is 0 Å². The summed E-state index contributed by atoms with van der Waals surface area (Å²) in [4.78, 5) is 26.2. The van der Waals surface area contributed by atoms with Crippen LogP contribution >= 0.6 is 0 Å². The van der Waals surface area contributed by atoms with Gasteiger partial charge < -0.3 is 30.7 Å². The minimum atomic E-state index is -0.257. The van der Waals surface area contributed by atoms with E-state index in [0.717, 1.165) is 31.6 Å². The van der Waals surface area contributed by atoms with Crippen LogP contribution in [-0.4, -0.2) is 52.8 Å². The Morgan fingerprint density at radius 3 is 2.86 bits per heavy atom. The van der Waals surface area contributed by atoms with Gasteiger partial charge in [0.15, 0.2) is 0 Å². The zero-order valence-electron chi connectivity index (χ0n) is 20.5. The van der Waals surface area contributed by atoms with Crippen LogP contribution in [0.5, 0.6) is 5.88 Å². The summed E-state index contributed by atoms with van der Waals surface area (Å²) in [5.41, 5.74) is 4.54. The van der Waals surface area contributed by atoms with Gasteiger partial charge in [-0.15, -0.1) is 0 Å². The van der Waals surface area contributed by atoms with Crippen LogP contribution in [-0.2, 0) is 17.7 Å². The quantitative estimate of drug-likeness (QED) is 0.377. The first-order valence-electron chi connectivity index (χ1n) is 12.3. The van der Waals surface area contributed by atoms with Crippen LogP contribution in [0.15, 0.2) is 42.7 Å². The highest BCUT2D eigenvalue weighted by molar-refractivity contribution is 5.99. The van der Waals surface area contributed by atoms with Crippen LogP contribution < -0.4 is 26.0 Å². The molecule has 5 rings (SSSR count). The number of aromatic nitrogens is 3. The molecule has 188 valence electrons. The molecule has 4 N–H and O–H groups in total. The number of fused-ring (bicyclic) bond motifs is 1. The normalized spacial score (nSPS) is 16.9. The highest BCUT2D eigenvalue weighted by Crippen LogP contribution is 2.26. The molecule has 0 spiro atoms. The fraction of sp³-hybridized carbons (Fsp3) is 0.385. The maximum Gasteiger partial charge on any atom is 0.256 e. The third-order valence-electron chi connectivity index (χ3n) is 5.98. The van der Waals surface area contributed by atoms with Crippen LogP contribution in [0, 0.1) is 0 Å². The van der Waals surface area contributed by atoms with E-state index in [1.165, 1.54) is 17.3 Å². The van der Waals surface area contributed by atoms with Gasteiger partial charge in [-0.2, -0.15) is 4.98 Å². The number of carbonyl (C=O) groups is 1. The fourth-order valence-electron chi connectivity index (χ4n) is 4.20. The van der Waals surface area contributed by atoms with Gasteiger partial charge >= 0.3 is 0 Å². The van der Waals surface area contributed by atoms with Gasteiger partial charge in [-0.3, -0.25) is 4.79 Å². The monoisotopic (exact) mass is 489 g/mol. The van der Waals surface area contributed by atoms with Crippen LogP contribution in [0.3, 0.4) is 0 Å². The predicted molar refractivity (Wildman–Crippen MR) is 137 cm³/mol. The standard InChI is InChI=1S/C26H31N7O3/c1-16(2)30-25(34)22-14-29-26(32-19-4-3-17-5-8-27-13-18(17)11-19)33-24(22)31-20-6-9-28-23(12-20)36-21-7-10-35-15-21/h3-4,6,9,11-12,14,16,21,27H,5,7-8,10,13,15H2,1-2H3,(H,30,34)(H2,28,29,31,32,33). The van der Waals surface area contributed by atoms with Crippen molar-refractivity contribution in [3.8, 4) is 5.88 Å². The number of benzene rings is 1. The molecule has 0 saturated carbocycles. The Balaban J connectivity index is 1.40. The zero-order chi connectivity index (χ0) is 24.9. The van der Waals surface area contributed by atoms with Gasteiger partial charge in [0, 0.05) is 48.8 Å². The van der Waals surface area contributed by atoms with Gasteiger partial charge in [0.25, 0.3) is 5.91 Å². The third-order valence-corrected chi connectivity index (χ3v) is 5.98. The second-order valence-electron chi connectivity index (χ2n) is 9.23. The van der Waals surface area contributed by atoms with Crippen molar-refractivity contribution in [1.82, 2.24) is 25.6 Å². The molecule has 4 heterocycles. The summed E-state index contributed by atoms with van der Waals surface area (Å²) in [6.45, 7) is 6.89. The van der Waals surface area contributed by atoms with Gasteiger partial charge in [0.1, 0.15) is 17.5 Å². The molecule has 1 unspecified atom stereocenters. The van der Waals surface area contributed by atoms with Crippen molar-refractivity contribution in [2.75, 3.05) is 30.4 Å². The Hall–Kier alpha value is -3.76. The summed E-state index contributed by atoms with van der Waals surface area (Å²) in [5.74, 6) is 0.994. The average Bonchev–Trinajstić information content (AvgIpc) is 3.37. The number of nitrogens with one attached hydrogen (secondary N) is 4. The molecule has 1 amide bonds. The number of anilines is 4. The molecule has 10 nitrogen and oxygen atoms in total. The van der Waals surface area contributed by atoms with E-state index in [2.05, 4.69) is 48.4 Å². The second-order valence-corrected chi connectivity index (χ2v) is 9.23. The lowest BCUT2D eigenvalue weighted by atomic mass is 10.0. The van der Waals surface area contributed by atoms with E-state index in [1.807, 2.05) is 19.9 Å². The Morgan fingerprint density at radius 2 is 2.03 bits per heavy atom. The first-order chi connectivity index (χ1) is 17.5. The van der Waals surface area contributed by atoms with Crippen LogP contribution in [0.4, 0.5) is 23.1 Å². The van der Waals surface area contributed by atoms with E-state index < -0.39 is 0 Å². The first-order valence-corrected chi connectivity index (χ1v) is 12.3. The fourth-order valence-corrected chi connectivity index (χ4v) is 4.20. The smallest absolute Gasteiger partial charge is 0.256 e. The van der Waals surface area contributed by atoms with Crippen molar-refractivity contribution in [2.45, 2.75) is 45.4 Å². The molecule has 2 aromatic heterocycles. The maximum absolute atomic E-state index is 12.9. The topological polar surface area (TPSA) is 122 Å². The largest absolute Gasteiger partial charge is 0.472 e. The van der Waals surface area contributed by atoms with Crippen LogP contribution in [0.25, 0.3) is 0 Å². The molecule has 1 saturated heterocycles. The molecule has 0 radical (unpaired) electrons. The van der Waals surface area contributed by atoms with Gasteiger partial charge in [0.2, 0.25) is 11.8 Å². The van der Waals surface area contributed by atoms with E-state index in [4.69, 9.17) is 9.47 Å². The summed E-state index contributed by atoms with van der Waals surface area (Å²) >= 11 is 0. The highest BCUT2D eigenvalue weighted by Gasteiger charge is 2.19. The lowest BCUT2D eigenvalue weighted by Gasteiger charge is -2.18. The minimum Gasteiger partial charge on any atom is -0.472 e. The number of hydrogen-bond donors (Lipinski definition) is 4. The summed E-state index contributed by atoms with van der Waals surface area (Å²) in [7, 11) is 0. The molecule has 0 aliphatic carbocycles. The molecule has 10 heteroatoms. The van der Waals surface area contributed by atoms with Gasteiger partial charge in [-0.25, -0.2) is 9.97 Å². The van der Waals surface area contributed by atoms with Crippen molar-refractivity contribution in [3.05, 3.63) is 59.4 Å². The number of amides is 1. The van der Waals surface area contributed by atoms with E-state index in [-0.39, 0.29) is 18.1 Å². The van der Waals surface area contributed by atoms with E-state index in [0.29, 0.717) is 42.1 Å². The van der Waals surface area contributed by atoms with E-state index >= 15 is 0 Å². The Morgan fingerprint density at radius 1 is 1.14 bits per heavy atom. The summed E-state index contributed by atoms with van der Waals surface area (Å²) in [6, 6.07) is 9.83. The number of hydrogen-bond acceptors (Lipinski definition) is 9. The number of ether oxygens (including phenoxy) is 2. The first kappa shape index (κ1) is 24.0. The molecule has 1 atom stereocenters. The van der Waals surface area contributed by atoms with Crippen molar-refractivity contribution in [1.29, 1.82) is 0 Å². The summed E-state index contributed by atoms with van der Waals surface area (Å²) in [6.07, 6.45) is 5.03. The zero-order valence-corrected chi connectivity index (χ0v) is 20.5. The average molecular weight is 490 g/mol. The molecule has 36 heavy (non-hydrogen) atoms. The Bertz CT molecular complexity index is 1230. The van der Waals surface area contributed by atoms with Crippen LogP contribution in [0.2, 0.25) is 0 Å². The van der Waals surface area contributed by atoms with E-state index in [1.54, 1.807) is 18.3 Å². The summed E-state index contributed by atoms with van der Waals surface area (Å²) in [5, 5.41) is 12.8. The molecule has 1 fully saturated rings. The molecule has 2 aliphatic heterocycles. The Labute approximate surface area is 210 Å². The third kappa shape index (κ3) is 5.89. The number of pyridine rings is 1. The predicted octanol–water partition coefficient (Wildman–Crippen LogP) is 3.31. The number of carbonyl (C=O) groups excluding carboxylic acids is 1. The second kappa shape index (κ2) is 10.9. The molecule has 1 aromatic carbocycles. The molecule has 0 bridgehead atoms. The number of rotatable bonds is 8. The van der Waals surface area contributed by atoms with Gasteiger partial charge in [-0.05, 0) is 56.1 Å².